The highest BCUT2D eigenvalue weighted by molar-refractivity contribution is 9.10. The van der Waals surface area contributed by atoms with Crippen LogP contribution in [0.15, 0.2) is 28.7 Å². The van der Waals surface area contributed by atoms with E-state index in [0.717, 1.165) is 27.8 Å². The SMILES string of the molecule is CCc1cc(COc2ccc(Br)cc2C(C)O)n(C)n1. The van der Waals surface area contributed by atoms with Crippen molar-refractivity contribution in [3.05, 3.63) is 45.7 Å². The van der Waals surface area contributed by atoms with E-state index in [4.69, 9.17) is 4.74 Å². The Labute approximate surface area is 127 Å². The van der Waals surface area contributed by atoms with Gasteiger partial charge in [0.1, 0.15) is 12.4 Å². The fourth-order valence-corrected chi connectivity index (χ4v) is 2.39. The van der Waals surface area contributed by atoms with Crippen LogP contribution in [0.3, 0.4) is 0 Å². The summed E-state index contributed by atoms with van der Waals surface area (Å²) in [5, 5.41) is 14.2. The number of rotatable bonds is 5. The van der Waals surface area contributed by atoms with E-state index in [0.29, 0.717) is 12.4 Å². The fourth-order valence-electron chi connectivity index (χ4n) is 2.01. The molecule has 1 atom stereocenters. The maximum Gasteiger partial charge on any atom is 0.130 e. The summed E-state index contributed by atoms with van der Waals surface area (Å²) in [5.41, 5.74) is 2.84. The molecular formula is C15H19BrN2O2. The van der Waals surface area contributed by atoms with Crippen molar-refractivity contribution < 1.29 is 9.84 Å². The number of hydrogen-bond donors (Lipinski definition) is 1. The Morgan fingerprint density at radius 2 is 2.15 bits per heavy atom. The predicted molar refractivity (Wildman–Crippen MR) is 81.7 cm³/mol. The molecule has 5 heteroatoms. The van der Waals surface area contributed by atoms with Crippen LogP contribution in [0.2, 0.25) is 0 Å². The van der Waals surface area contributed by atoms with Gasteiger partial charge in [0.15, 0.2) is 0 Å². The molecule has 0 aliphatic heterocycles. The van der Waals surface area contributed by atoms with Gasteiger partial charge in [0.25, 0.3) is 0 Å². The Morgan fingerprint density at radius 3 is 2.75 bits per heavy atom. The number of halogens is 1. The first-order valence-corrected chi connectivity index (χ1v) is 7.42. The van der Waals surface area contributed by atoms with Crippen LogP contribution in [0.25, 0.3) is 0 Å². The second kappa shape index (κ2) is 6.41. The van der Waals surface area contributed by atoms with Crippen molar-refractivity contribution in [3.63, 3.8) is 0 Å². The zero-order valence-electron chi connectivity index (χ0n) is 11.9. The zero-order chi connectivity index (χ0) is 14.7. The van der Waals surface area contributed by atoms with E-state index < -0.39 is 6.10 Å². The van der Waals surface area contributed by atoms with Gasteiger partial charge in [-0.25, -0.2) is 0 Å². The molecule has 0 amide bonds. The van der Waals surface area contributed by atoms with Crippen LogP contribution in [0.4, 0.5) is 0 Å². The van der Waals surface area contributed by atoms with Gasteiger partial charge in [0.2, 0.25) is 0 Å². The molecule has 1 aromatic carbocycles. The topological polar surface area (TPSA) is 47.3 Å². The first-order chi connectivity index (χ1) is 9.51. The molecule has 20 heavy (non-hydrogen) atoms. The van der Waals surface area contributed by atoms with E-state index in [2.05, 4.69) is 28.0 Å². The van der Waals surface area contributed by atoms with Crippen LogP contribution in [-0.4, -0.2) is 14.9 Å². The summed E-state index contributed by atoms with van der Waals surface area (Å²) in [6, 6.07) is 7.69. The molecule has 1 N–H and O–H groups in total. The van der Waals surface area contributed by atoms with E-state index in [9.17, 15) is 5.11 Å². The van der Waals surface area contributed by atoms with Gasteiger partial charge < -0.3 is 9.84 Å². The molecule has 2 aromatic rings. The van der Waals surface area contributed by atoms with Gasteiger partial charge in [-0.15, -0.1) is 0 Å². The molecule has 0 saturated carbocycles. The monoisotopic (exact) mass is 338 g/mol. The normalized spacial score (nSPS) is 12.4. The third-order valence-corrected chi connectivity index (χ3v) is 3.68. The van der Waals surface area contributed by atoms with Crippen LogP contribution in [-0.2, 0) is 20.1 Å². The lowest BCUT2D eigenvalue weighted by molar-refractivity contribution is 0.189. The first-order valence-electron chi connectivity index (χ1n) is 6.63. The minimum Gasteiger partial charge on any atom is -0.487 e. The molecule has 2 rings (SSSR count). The fraction of sp³-hybridized carbons (Fsp3) is 0.400. The molecule has 4 nitrogen and oxygen atoms in total. The second-order valence-corrected chi connectivity index (χ2v) is 5.67. The van der Waals surface area contributed by atoms with Gasteiger partial charge in [-0.05, 0) is 37.6 Å². The quantitative estimate of drug-likeness (QED) is 0.908. The van der Waals surface area contributed by atoms with E-state index in [1.165, 1.54) is 0 Å². The van der Waals surface area contributed by atoms with Crippen molar-refractivity contribution in [2.45, 2.75) is 33.0 Å². The van der Waals surface area contributed by atoms with Crippen molar-refractivity contribution in [1.29, 1.82) is 0 Å². The molecule has 0 aliphatic carbocycles. The van der Waals surface area contributed by atoms with E-state index in [-0.39, 0.29) is 0 Å². The van der Waals surface area contributed by atoms with Gasteiger partial charge in [-0.2, -0.15) is 5.10 Å². The van der Waals surface area contributed by atoms with Crippen LogP contribution in [0, 0.1) is 0 Å². The summed E-state index contributed by atoms with van der Waals surface area (Å²) in [4.78, 5) is 0. The van der Waals surface area contributed by atoms with E-state index in [1.807, 2.05) is 36.0 Å². The van der Waals surface area contributed by atoms with E-state index >= 15 is 0 Å². The molecule has 1 heterocycles. The highest BCUT2D eigenvalue weighted by atomic mass is 79.9. The zero-order valence-corrected chi connectivity index (χ0v) is 13.5. The second-order valence-electron chi connectivity index (χ2n) is 4.75. The number of aliphatic hydroxyl groups excluding tert-OH is 1. The lowest BCUT2D eigenvalue weighted by atomic mass is 10.1. The van der Waals surface area contributed by atoms with Crippen molar-refractivity contribution in [1.82, 2.24) is 9.78 Å². The summed E-state index contributed by atoms with van der Waals surface area (Å²) in [6.07, 6.45) is 0.339. The number of nitrogens with zero attached hydrogens (tertiary/aromatic N) is 2. The summed E-state index contributed by atoms with van der Waals surface area (Å²) < 4.78 is 8.60. The number of ether oxygens (including phenoxy) is 1. The standard InChI is InChI=1S/C15H19BrN2O2/c1-4-12-8-13(18(3)17-12)9-20-15-6-5-11(16)7-14(15)10(2)19/h5-8,10,19H,4,9H2,1-3H3. The van der Waals surface area contributed by atoms with Crippen LogP contribution in [0.1, 0.15) is 36.9 Å². The Balaban J connectivity index is 2.16. The van der Waals surface area contributed by atoms with Crippen LogP contribution >= 0.6 is 15.9 Å². The molecule has 1 aromatic heterocycles. The molecule has 108 valence electrons. The summed E-state index contributed by atoms with van der Waals surface area (Å²) in [5.74, 6) is 0.697. The molecule has 0 saturated heterocycles. The minimum atomic E-state index is -0.569. The summed E-state index contributed by atoms with van der Waals surface area (Å²) >= 11 is 3.40. The number of aromatic nitrogens is 2. The number of aliphatic hydroxyl groups is 1. The highest BCUT2D eigenvalue weighted by Gasteiger charge is 2.11. The first kappa shape index (κ1) is 15.1. The molecule has 0 fully saturated rings. The summed E-state index contributed by atoms with van der Waals surface area (Å²) in [6.45, 7) is 4.24. The Morgan fingerprint density at radius 1 is 1.40 bits per heavy atom. The van der Waals surface area contributed by atoms with Gasteiger partial charge in [-0.3, -0.25) is 4.68 Å². The number of hydrogen-bond acceptors (Lipinski definition) is 3. The molecule has 0 spiro atoms. The smallest absolute Gasteiger partial charge is 0.130 e. The predicted octanol–water partition coefficient (Wildman–Crippen LogP) is 3.38. The van der Waals surface area contributed by atoms with Crippen molar-refractivity contribution >= 4 is 15.9 Å². The largest absolute Gasteiger partial charge is 0.487 e. The third-order valence-electron chi connectivity index (χ3n) is 3.19. The third kappa shape index (κ3) is 3.41. The van der Waals surface area contributed by atoms with E-state index in [1.54, 1.807) is 6.92 Å². The Bertz CT molecular complexity index is 594. The minimum absolute atomic E-state index is 0.435. The van der Waals surface area contributed by atoms with Gasteiger partial charge in [-0.1, -0.05) is 22.9 Å². The van der Waals surface area contributed by atoms with Gasteiger partial charge in [0.05, 0.1) is 17.5 Å². The molecular weight excluding hydrogens is 320 g/mol. The van der Waals surface area contributed by atoms with Gasteiger partial charge in [0, 0.05) is 17.1 Å². The molecule has 0 bridgehead atoms. The highest BCUT2D eigenvalue weighted by Crippen LogP contribution is 2.29. The molecule has 0 aliphatic rings. The van der Waals surface area contributed by atoms with Crippen molar-refractivity contribution in [2.24, 2.45) is 7.05 Å². The maximum atomic E-state index is 9.80. The van der Waals surface area contributed by atoms with Crippen molar-refractivity contribution in [3.8, 4) is 5.75 Å². The van der Waals surface area contributed by atoms with Crippen LogP contribution in [0.5, 0.6) is 5.75 Å². The molecule has 0 radical (unpaired) electrons. The average Bonchev–Trinajstić information content (AvgIpc) is 2.78. The van der Waals surface area contributed by atoms with Gasteiger partial charge >= 0.3 is 0 Å². The molecule has 1 unspecified atom stereocenters. The average molecular weight is 339 g/mol. The van der Waals surface area contributed by atoms with Crippen molar-refractivity contribution in [2.75, 3.05) is 0 Å². The number of benzene rings is 1. The maximum absolute atomic E-state index is 9.80. The van der Waals surface area contributed by atoms with Crippen LogP contribution < -0.4 is 4.74 Å². The summed E-state index contributed by atoms with van der Waals surface area (Å²) in [7, 11) is 1.91. The lowest BCUT2D eigenvalue weighted by Gasteiger charge is -2.14. The number of aryl methyl sites for hydroxylation is 2. The lowest BCUT2D eigenvalue weighted by Crippen LogP contribution is -2.05. The Kier molecular flexibility index (Phi) is 4.83. The Hall–Kier alpha value is -1.33.